The Morgan fingerprint density at radius 1 is 0.786 bits per heavy atom. The molecule has 1 unspecified atom stereocenters. The Labute approximate surface area is 165 Å². The number of nitrogens with zero attached hydrogens (tertiary/aromatic N) is 3. The van der Waals surface area contributed by atoms with E-state index in [1.165, 1.54) is 0 Å². The Morgan fingerprint density at radius 3 is 2.29 bits per heavy atom. The number of rotatable bonds is 5. The van der Waals surface area contributed by atoms with Crippen molar-refractivity contribution in [2.45, 2.75) is 6.04 Å². The van der Waals surface area contributed by atoms with Crippen LogP contribution in [-0.2, 0) is 0 Å². The third-order valence-corrected chi connectivity index (χ3v) is 5.37. The maximum Gasteiger partial charge on any atom is 0.247 e. The molecule has 0 aliphatic heterocycles. The van der Waals surface area contributed by atoms with Crippen molar-refractivity contribution in [3.8, 4) is 11.5 Å². The topological polar surface area (TPSA) is 63.8 Å². The SMILES string of the molecule is c1ccc(-c2nnc(C(Nc3nc4ccccc4s3)c3ccccc3)o2)cc1. The van der Waals surface area contributed by atoms with Gasteiger partial charge in [0, 0.05) is 5.56 Å². The molecule has 136 valence electrons. The van der Waals surface area contributed by atoms with Gasteiger partial charge in [-0.15, -0.1) is 10.2 Å². The van der Waals surface area contributed by atoms with E-state index in [1.807, 2.05) is 78.9 Å². The van der Waals surface area contributed by atoms with E-state index in [2.05, 4.69) is 26.6 Å². The van der Waals surface area contributed by atoms with E-state index in [0.29, 0.717) is 11.8 Å². The van der Waals surface area contributed by atoms with Crippen molar-refractivity contribution in [2.24, 2.45) is 0 Å². The van der Waals surface area contributed by atoms with Gasteiger partial charge in [0.05, 0.1) is 10.2 Å². The van der Waals surface area contributed by atoms with Gasteiger partial charge < -0.3 is 9.73 Å². The fourth-order valence-corrected chi connectivity index (χ4v) is 3.93. The van der Waals surface area contributed by atoms with Gasteiger partial charge in [-0.25, -0.2) is 4.98 Å². The van der Waals surface area contributed by atoms with Gasteiger partial charge in [0.2, 0.25) is 11.8 Å². The highest BCUT2D eigenvalue weighted by molar-refractivity contribution is 7.22. The summed E-state index contributed by atoms with van der Waals surface area (Å²) >= 11 is 1.61. The summed E-state index contributed by atoms with van der Waals surface area (Å²) in [7, 11) is 0. The normalized spacial score (nSPS) is 12.1. The van der Waals surface area contributed by atoms with Gasteiger partial charge in [-0.05, 0) is 29.8 Å². The largest absolute Gasteiger partial charge is 0.418 e. The predicted octanol–water partition coefficient (Wildman–Crippen LogP) is 5.55. The standard InChI is InChI=1S/C22H16N4OS/c1-3-9-15(10-4-1)19(24-22-23-17-13-7-8-14-18(17)28-22)21-26-25-20(27-21)16-11-5-2-6-12-16/h1-14,19H,(H,23,24). The minimum absolute atomic E-state index is 0.285. The van der Waals surface area contributed by atoms with Crippen molar-refractivity contribution >= 4 is 26.7 Å². The molecule has 1 N–H and O–H groups in total. The first-order valence-electron chi connectivity index (χ1n) is 8.93. The zero-order chi connectivity index (χ0) is 18.8. The van der Waals surface area contributed by atoms with Gasteiger partial charge in [0.1, 0.15) is 6.04 Å². The lowest BCUT2D eigenvalue weighted by Crippen LogP contribution is -2.12. The van der Waals surface area contributed by atoms with Gasteiger partial charge >= 0.3 is 0 Å². The predicted molar refractivity (Wildman–Crippen MR) is 111 cm³/mol. The Balaban J connectivity index is 1.53. The van der Waals surface area contributed by atoms with E-state index in [-0.39, 0.29) is 6.04 Å². The zero-order valence-corrected chi connectivity index (χ0v) is 15.6. The number of hydrogen-bond acceptors (Lipinski definition) is 6. The molecule has 5 rings (SSSR count). The van der Waals surface area contributed by atoms with Gasteiger partial charge in [-0.1, -0.05) is 72.0 Å². The molecule has 1 atom stereocenters. The minimum Gasteiger partial charge on any atom is -0.418 e. The van der Waals surface area contributed by atoms with Crippen LogP contribution in [0.3, 0.4) is 0 Å². The van der Waals surface area contributed by atoms with Crippen LogP contribution in [0, 0.1) is 0 Å². The molecule has 5 nitrogen and oxygen atoms in total. The molecule has 5 aromatic rings. The van der Waals surface area contributed by atoms with Crippen molar-refractivity contribution in [3.63, 3.8) is 0 Å². The molecule has 3 aromatic carbocycles. The van der Waals surface area contributed by atoms with Crippen LogP contribution >= 0.6 is 11.3 Å². The second-order valence-corrected chi connectivity index (χ2v) is 7.32. The van der Waals surface area contributed by atoms with E-state index in [4.69, 9.17) is 4.42 Å². The average Bonchev–Trinajstić information content (AvgIpc) is 3.40. The number of para-hydroxylation sites is 1. The van der Waals surface area contributed by atoms with E-state index < -0.39 is 0 Å². The summed E-state index contributed by atoms with van der Waals surface area (Å²) in [5.74, 6) is 1.01. The Bertz CT molecular complexity index is 1170. The van der Waals surface area contributed by atoms with Crippen LogP contribution in [0.25, 0.3) is 21.7 Å². The van der Waals surface area contributed by atoms with Gasteiger partial charge in [0.15, 0.2) is 5.13 Å². The molecule has 0 aliphatic carbocycles. The number of hydrogen-bond donors (Lipinski definition) is 1. The van der Waals surface area contributed by atoms with Crippen molar-refractivity contribution in [2.75, 3.05) is 5.32 Å². The van der Waals surface area contributed by atoms with Crippen LogP contribution in [0.1, 0.15) is 17.5 Å². The number of thiazole rings is 1. The summed E-state index contributed by atoms with van der Waals surface area (Å²) in [5, 5.41) is 12.9. The number of anilines is 1. The molecule has 2 heterocycles. The van der Waals surface area contributed by atoms with Gasteiger partial charge in [-0.2, -0.15) is 0 Å². The highest BCUT2D eigenvalue weighted by Gasteiger charge is 2.22. The van der Waals surface area contributed by atoms with Crippen molar-refractivity contribution in [3.05, 3.63) is 96.4 Å². The van der Waals surface area contributed by atoms with Crippen LogP contribution in [0.15, 0.2) is 89.3 Å². The number of nitrogens with one attached hydrogen (secondary N) is 1. The first-order valence-corrected chi connectivity index (χ1v) is 9.74. The van der Waals surface area contributed by atoms with Crippen LogP contribution in [0.4, 0.5) is 5.13 Å². The van der Waals surface area contributed by atoms with Gasteiger partial charge in [0.25, 0.3) is 0 Å². The lowest BCUT2D eigenvalue weighted by Gasteiger charge is -2.14. The summed E-state index contributed by atoms with van der Waals surface area (Å²) in [4.78, 5) is 4.69. The Morgan fingerprint density at radius 2 is 1.50 bits per heavy atom. The molecular formula is C22H16N4OS. The first-order chi connectivity index (χ1) is 13.9. The third-order valence-electron chi connectivity index (χ3n) is 4.40. The smallest absolute Gasteiger partial charge is 0.247 e. The van der Waals surface area contributed by atoms with Crippen molar-refractivity contribution in [1.29, 1.82) is 0 Å². The third kappa shape index (κ3) is 3.25. The van der Waals surface area contributed by atoms with E-state index in [1.54, 1.807) is 11.3 Å². The molecule has 0 radical (unpaired) electrons. The molecule has 28 heavy (non-hydrogen) atoms. The Hall–Kier alpha value is -3.51. The summed E-state index contributed by atoms with van der Waals surface area (Å²) in [6.07, 6.45) is 0. The van der Waals surface area contributed by atoms with Crippen molar-refractivity contribution < 1.29 is 4.42 Å². The fourth-order valence-electron chi connectivity index (χ4n) is 3.04. The minimum atomic E-state index is -0.285. The Kier molecular flexibility index (Phi) is 4.31. The molecule has 0 saturated carbocycles. The molecule has 6 heteroatoms. The molecule has 0 bridgehead atoms. The second-order valence-electron chi connectivity index (χ2n) is 6.29. The molecule has 0 amide bonds. The van der Waals surface area contributed by atoms with Crippen molar-refractivity contribution in [1.82, 2.24) is 15.2 Å². The summed E-state index contributed by atoms with van der Waals surface area (Å²) in [6.45, 7) is 0. The maximum atomic E-state index is 6.02. The molecule has 0 aliphatic rings. The van der Waals surface area contributed by atoms with Crippen LogP contribution < -0.4 is 5.32 Å². The summed E-state index contributed by atoms with van der Waals surface area (Å²) in [5.41, 5.74) is 2.90. The number of fused-ring (bicyclic) bond motifs is 1. The highest BCUT2D eigenvalue weighted by atomic mass is 32.1. The van der Waals surface area contributed by atoms with Crippen LogP contribution in [-0.4, -0.2) is 15.2 Å². The lowest BCUT2D eigenvalue weighted by molar-refractivity contribution is 0.494. The lowest BCUT2D eigenvalue weighted by atomic mass is 10.1. The summed E-state index contributed by atoms with van der Waals surface area (Å²) < 4.78 is 7.16. The average molecular weight is 384 g/mol. The first kappa shape index (κ1) is 16.6. The zero-order valence-electron chi connectivity index (χ0n) is 14.8. The number of benzene rings is 3. The molecule has 0 saturated heterocycles. The molecular weight excluding hydrogens is 368 g/mol. The highest BCUT2D eigenvalue weighted by Crippen LogP contribution is 2.32. The fraction of sp³-hybridized carbons (Fsp3) is 0.0455. The number of aromatic nitrogens is 3. The van der Waals surface area contributed by atoms with Gasteiger partial charge in [-0.3, -0.25) is 0 Å². The molecule has 0 fully saturated rings. The van der Waals surface area contributed by atoms with E-state index >= 15 is 0 Å². The maximum absolute atomic E-state index is 6.02. The molecule has 2 aromatic heterocycles. The van der Waals surface area contributed by atoms with E-state index in [0.717, 1.165) is 26.5 Å². The quantitative estimate of drug-likeness (QED) is 0.430. The molecule has 0 spiro atoms. The van der Waals surface area contributed by atoms with Crippen LogP contribution in [0.5, 0.6) is 0 Å². The summed E-state index contributed by atoms with van der Waals surface area (Å²) in [6, 6.07) is 27.6. The monoisotopic (exact) mass is 384 g/mol. The second kappa shape index (κ2) is 7.25. The van der Waals surface area contributed by atoms with E-state index in [9.17, 15) is 0 Å². The van der Waals surface area contributed by atoms with Crippen LogP contribution in [0.2, 0.25) is 0 Å².